The molecule has 0 atom stereocenters. The third-order valence-electron chi connectivity index (χ3n) is 3.07. The van der Waals surface area contributed by atoms with Crippen LogP contribution in [0.15, 0.2) is 53.4 Å². The Morgan fingerprint density at radius 2 is 1.74 bits per heavy atom. The van der Waals surface area contributed by atoms with Crippen LogP contribution in [0.25, 0.3) is 0 Å². The van der Waals surface area contributed by atoms with E-state index in [-0.39, 0.29) is 12.4 Å². The Morgan fingerprint density at radius 1 is 1.04 bits per heavy atom. The number of ether oxygens (including phenoxy) is 1. The fourth-order valence-electron chi connectivity index (χ4n) is 1.92. The van der Waals surface area contributed by atoms with Crippen molar-refractivity contribution in [1.29, 1.82) is 0 Å². The lowest BCUT2D eigenvalue weighted by atomic mass is 10.2. The summed E-state index contributed by atoms with van der Waals surface area (Å²) in [4.78, 5) is 1.16. The monoisotopic (exact) mass is 339 g/mol. The molecule has 2 aromatic carbocycles. The van der Waals surface area contributed by atoms with Crippen LogP contribution < -0.4 is 10.1 Å². The maximum atomic E-state index is 12.1. The molecule has 0 aliphatic rings. The van der Waals surface area contributed by atoms with Crippen LogP contribution in [0.5, 0.6) is 5.75 Å². The Hall–Kier alpha value is -1.79. The minimum Gasteiger partial charge on any atom is -0.435 e. The topological polar surface area (TPSA) is 41.5 Å². The molecule has 3 nitrogen and oxygen atoms in total. The first-order chi connectivity index (χ1) is 11.2. The Balaban J connectivity index is 1.81. The van der Waals surface area contributed by atoms with E-state index in [1.54, 1.807) is 23.9 Å². The van der Waals surface area contributed by atoms with Gasteiger partial charge in [0.05, 0.1) is 0 Å². The number of aliphatic hydroxyl groups excluding tert-OH is 1. The lowest BCUT2D eigenvalue weighted by molar-refractivity contribution is -0.0498. The third-order valence-corrected chi connectivity index (χ3v) is 4.17. The van der Waals surface area contributed by atoms with E-state index in [1.807, 2.05) is 24.3 Å². The quantitative estimate of drug-likeness (QED) is 0.526. The molecular formula is C17H19F2NO2S. The van der Waals surface area contributed by atoms with Crippen molar-refractivity contribution in [2.24, 2.45) is 0 Å². The second kappa shape index (κ2) is 9.37. The van der Waals surface area contributed by atoms with Gasteiger partial charge in [-0.1, -0.05) is 12.1 Å². The van der Waals surface area contributed by atoms with Crippen molar-refractivity contribution in [3.8, 4) is 5.75 Å². The number of anilines is 1. The van der Waals surface area contributed by atoms with E-state index >= 15 is 0 Å². The normalized spacial score (nSPS) is 10.8. The highest BCUT2D eigenvalue weighted by Crippen LogP contribution is 2.21. The van der Waals surface area contributed by atoms with E-state index in [2.05, 4.69) is 10.1 Å². The van der Waals surface area contributed by atoms with Gasteiger partial charge in [0.15, 0.2) is 0 Å². The Bertz CT molecular complexity index is 576. The van der Waals surface area contributed by atoms with Crippen LogP contribution in [-0.2, 0) is 6.54 Å². The number of alkyl halides is 2. The molecule has 0 saturated carbocycles. The summed E-state index contributed by atoms with van der Waals surface area (Å²) in [6, 6.07) is 14.6. The number of hydrogen-bond donors (Lipinski definition) is 2. The van der Waals surface area contributed by atoms with Gasteiger partial charge in [-0.3, -0.25) is 0 Å². The largest absolute Gasteiger partial charge is 0.435 e. The summed E-state index contributed by atoms with van der Waals surface area (Å²) in [5, 5.41) is 12.0. The zero-order valence-electron chi connectivity index (χ0n) is 12.5. The summed E-state index contributed by atoms with van der Waals surface area (Å²) in [7, 11) is 0. The molecule has 0 amide bonds. The van der Waals surface area contributed by atoms with Crippen LogP contribution in [0.2, 0.25) is 0 Å². The van der Waals surface area contributed by atoms with Gasteiger partial charge in [-0.25, -0.2) is 0 Å². The van der Waals surface area contributed by atoms with Gasteiger partial charge >= 0.3 is 6.61 Å². The summed E-state index contributed by atoms with van der Waals surface area (Å²) in [5.41, 5.74) is 1.97. The molecule has 124 valence electrons. The summed E-state index contributed by atoms with van der Waals surface area (Å²) in [6.07, 6.45) is 0.788. The molecule has 0 aliphatic heterocycles. The van der Waals surface area contributed by atoms with Gasteiger partial charge in [0.1, 0.15) is 5.75 Å². The Morgan fingerprint density at radius 3 is 2.35 bits per heavy atom. The van der Waals surface area contributed by atoms with Crippen molar-refractivity contribution in [2.45, 2.75) is 24.5 Å². The van der Waals surface area contributed by atoms with E-state index in [0.29, 0.717) is 6.54 Å². The van der Waals surface area contributed by atoms with Crippen molar-refractivity contribution < 1.29 is 18.6 Å². The molecule has 0 radical (unpaired) electrons. The van der Waals surface area contributed by atoms with Gasteiger partial charge in [0, 0.05) is 29.5 Å². The van der Waals surface area contributed by atoms with E-state index in [0.717, 1.165) is 28.3 Å². The molecule has 2 aromatic rings. The Kier molecular flexibility index (Phi) is 7.16. The smallest absolute Gasteiger partial charge is 0.387 e. The van der Waals surface area contributed by atoms with Crippen LogP contribution >= 0.6 is 11.8 Å². The molecule has 0 saturated heterocycles. The predicted molar refractivity (Wildman–Crippen MR) is 89.3 cm³/mol. The maximum absolute atomic E-state index is 12.1. The van der Waals surface area contributed by atoms with Crippen LogP contribution in [0.1, 0.15) is 12.0 Å². The number of halogens is 2. The summed E-state index contributed by atoms with van der Waals surface area (Å²) >= 11 is 1.71. The van der Waals surface area contributed by atoms with Gasteiger partial charge in [-0.05, 0) is 48.4 Å². The maximum Gasteiger partial charge on any atom is 0.387 e. The lowest BCUT2D eigenvalue weighted by Crippen LogP contribution is -2.02. The predicted octanol–water partition coefficient (Wildman–Crippen LogP) is 4.37. The van der Waals surface area contributed by atoms with E-state index < -0.39 is 6.61 Å². The molecule has 0 heterocycles. The molecule has 0 bridgehead atoms. The summed E-state index contributed by atoms with van der Waals surface area (Å²) in [6.45, 7) is -1.98. The average Bonchev–Trinajstić information content (AvgIpc) is 2.55. The van der Waals surface area contributed by atoms with Crippen LogP contribution in [0, 0.1) is 0 Å². The summed E-state index contributed by atoms with van der Waals surface area (Å²) < 4.78 is 28.5. The number of thioether (sulfide) groups is 1. The van der Waals surface area contributed by atoms with Gasteiger partial charge < -0.3 is 15.2 Å². The van der Waals surface area contributed by atoms with Crippen LogP contribution in [0.4, 0.5) is 14.5 Å². The fraction of sp³-hybridized carbons (Fsp3) is 0.294. The van der Waals surface area contributed by atoms with Gasteiger partial charge in [-0.2, -0.15) is 8.78 Å². The zero-order chi connectivity index (χ0) is 16.5. The molecule has 0 unspecified atom stereocenters. The molecule has 0 aliphatic carbocycles. The molecule has 0 spiro atoms. The van der Waals surface area contributed by atoms with E-state index in [9.17, 15) is 8.78 Å². The second-order valence-electron chi connectivity index (χ2n) is 4.83. The van der Waals surface area contributed by atoms with Crippen LogP contribution in [-0.4, -0.2) is 24.1 Å². The number of aliphatic hydroxyl groups is 1. The first-order valence-corrected chi connectivity index (χ1v) is 8.27. The molecule has 6 heteroatoms. The molecule has 2 N–H and O–H groups in total. The van der Waals surface area contributed by atoms with Crippen molar-refractivity contribution in [2.75, 3.05) is 17.7 Å². The molecule has 2 rings (SSSR count). The highest BCUT2D eigenvalue weighted by atomic mass is 32.2. The number of hydrogen-bond acceptors (Lipinski definition) is 4. The third kappa shape index (κ3) is 6.46. The van der Waals surface area contributed by atoms with Crippen molar-refractivity contribution in [3.05, 3.63) is 54.1 Å². The fourth-order valence-corrected chi connectivity index (χ4v) is 2.75. The number of nitrogens with one attached hydrogen (secondary N) is 1. The highest BCUT2D eigenvalue weighted by molar-refractivity contribution is 7.99. The zero-order valence-corrected chi connectivity index (χ0v) is 13.4. The molecule has 0 aromatic heterocycles. The van der Waals surface area contributed by atoms with Gasteiger partial charge in [-0.15, -0.1) is 11.8 Å². The highest BCUT2D eigenvalue weighted by Gasteiger charge is 2.03. The molecule has 0 fully saturated rings. The average molecular weight is 339 g/mol. The molecule has 23 heavy (non-hydrogen) atoms. The summed E-state index contributed by atoms with van der Waals surface area (Å²) in [5.74, 6) is 1.06. The SMILES string of the molecule is OCCCSc1ccc(NCc2ccc(OC(F)F)cc2)cc1. The van der Waals surface area contributed by atoms with Crippen molar-refractivity contribution in [3.63, 3.8) is 0 Å². The number of benzene rings is 2. The van der Waals surface area contributed by atoms with Crippen molar-refractivity contribution >= 4 is 17.4 Å². The van der Waals surface area contributed by atoms with Crippen molar-refractivity contribution in [1.82, 2.24) is 0 Å². The van der Waals surface area contributed by atoms with Crippen LogP contribution in [0.3, 0.4) is 0 Å². The second-order valence-corrected chi connectivity index (χ2v) is 5.99. The first-order valence-electron chi connectivity index (χ1n) is 7.29. The van der Waals surface area contributed by atoms with Gasteiger partial charge in [0.25, 0.3) is 0 Å². The molecular weight excluding hydrogens is 320 g/mol. The first kappa shape index (κ1) is 17.6. The van der Waals surface area contributed by atoms with E-state index in [4.69, 9.17) is 5.11 Å². The van der Waals surface area contributed by atoms with Gasteiger partial charge in [0.2, 0.25) is 0 Å². The minimum absolute atomic E-state index is 0.160. The Labute approximate surface area is 138 Å². The standard InChI is InChI=1S/C17H19F2NO2S/c18-17(19)22-15-6-2-13(3-7-15)12-20-14-4-8-16(9-5-14)23-11-1-10-21/h2-9,17,20-21H,1,10-12H2. The van der Waals surface area contributed by atoms with E-state index in [1.165, 1.54) is 12.1 Å². The number of rotatable bonds is 9. The minimum atomic E-state index is -2.80. The lowest BCUT2D eigenvalue weighted by Gasteiger charge is -2.09.